The number of hydrogen-bond donors (Lipinski definition) is 2. The molecule has 1 aliphatic rings. The number of nitrogens with zero attached hydrogens (tertiary/aromatic N) is 2. The van der Waals surface area contributed by atoms with Crippen LogP contribution in [-0.4, -0.2) is 15.5 Å². The predicted octanol–water partition coefficient (Wildman–Crippen LogP) is 2.69. The van der Waals surface area contributed by atoms with E-state index >= 15 is 0 Å². The lowest BCUT2D eigenvalue weighted by molar-refractivity contribution is 0.1000. The summed E-state index contributed by atoms with van der Waals surface area (Å²) in [6, 6.07) is 7.96. The third-order valence-electron chi connectivity index (χ3n) is 4.73. The van der Waals surface area contributed by atoms with Crippen LogP contribution in [0.1, 0.15) is 35.1 Å². The highest BCUT2D eigenvalue weighted by atomic mass is 35.5. The summed E-state index contributed by atoms with van der Waals surface area (Å²) < 4.78 is 15.3. The highest BCUT2D eigenvalue weighted by molar-refractivity contribution is 6.35. The Morgan fingerprint density at radius 3 is 2.70 bits per heavy atom. The van der Waals surface area contributed by atoms with Crippen molar-refractivity contribution in [3.8, 4) is 5.69 Å². The van der Waals surface area contributed by atoms with Crippen LogP contribution in [0.25, 0.3) is 16.6 Å². The van der Waals surface area contributed by atoms with E-state index in [1.165, 1.54) is 10.6 Å². The van der Waals surface area contributed by atoms with Crippen molar-refractivity contribution >= 4 is 28.4 Å². The number of amides is 1. The molecule has 0 spiro atoms. The molecule has 6 nitrogen and oxygen atoms in total. The number of aromatic nitrogens is 2. The molecular weight excluding hydrogens is 371 g/mol. The van der Waals surface area contributed by atoms with Crippen LogP contribution < -0.4 is 17.0 Å². The van der Waals surface area contributed by atoms with Crippen molar-refractivity contribution in [3.63, 3.8) is 0 Å². The van der Waals surface area contributed by atoms with Crippen molar-refractivity contribution < 1.29 is 9.18 Å². The summed E-state index contributed by atoms with van der Waals surface area (Å²) >= 11 is 6.21. The van der Waals surface area contributed by atoms with E-state index in [-0.39, 0.29) is 27.6 Å². The summed E-state index contributed by atoms with van der Waals surface area (Å²) in [5.41, 5.74) is 11.6. The molecule has 4 rings (SSSR count). The third-order valence-corrected chi connectivity index (χ3v) is 5.04. The van der Waals surface area contributed by atoms with Crippen LogP contribution in [-0.2, 0) is 0 Å². The van der Waals surface area contributed by atoms with Crippen molar-refractivity contribution in [1.29, 1.82) is 0 Å². The van der Waals surface area contributed by atoms with Gasteiger partial charge in [-0.15, -0.1) is 0 Å². The first-order chi connectivity index (χ1) is 12.9. The molecule has 1 unspecified atom stereocenters. The summed E-state index contributed by atoms with van der Waals surface area (Å²) in [4.78, 5) is 29.3. The zero-order valence-corrected chi connectivity index (χ0v) is 14.9. The van der Waals surface area contributed by atoms with E-state index in [9.17, 15) is 14.0 Å². The van der Waals surface area contributed by atoms with Crippen molar-refractivity contribution in [2.24, 2.45) is 17.4 Å². The van der Waals surface area contributed by atoms with Crippen LogP contribution in [0.3, 0.4) is 0 Å². The van der Waals surface area contributed by atoms with Gasteiger partial charge < -0.3 is 11.5 Å². The van der Waals surface area contributed by atoms with Gasteiger partial charge in [-0.25, -0.2) is 9.37 Å². The molecule has 8 heteroatoms. The standard InChI is InChI=1S/C19H16ClFN4O2/c20-13-2-1-3-14-15(13)19(27)25(18(24-14)16(22)9-4-5-9)12-7-10(17(23)26)6-11(21)8-12/h1-3,6-9,16H,4-5,22H2,(H2,23,26). The molecule has 1 aliphatic carbocycles. The van der Waals surface area contributed by atoms with Gasteiger partial charge in [0, 0.05) is 5.56 Å². The van der Waals surface area contributed by atoms with Gasteiger partial charge in [-0.1, -0.05) is 17.7 Å². The summed E-state index contributed by atoms with van der Waals surface area (Å²) in [5.74, 6) is -0.996. The first kappa shape index (κ1) is 17.6. The predicted molar refractivity (Wildman–Crippen MR) is 100 cm³/mol. The molecule has 0 aliphatic heterocycles. The average Bonchev–Trinajstić information content (AvgIpc) is 3.45. The Morgan fingerprint density at radius 2 is 2.04 bits per heavy atom. The zero-order chi connectivity index (χ0) is 19.3. The first-order valence-corrected chi connectivity index (χ1v) is 8.82. The molecule has 4 N–H and O–H groups in total. The van der Waals surface area contributed by atoms with Crippen LogP contribution >= 0.6 is 11.6 Å². The maximum Gasteiger partial charge on any atom is 0.267 e. The molecule has 3 aromatic rings. The van der Waals surface area contributed by atoms with Crippen molar-refractivity contribution in [2.75, 3.05) is 0 Å². The van der Waals surface area contributed by atoms with Gasteiger partial charge in [0.25, 0.3) is 5.56 Å². The number of primary amides is 1. The van der Waals surface area contributed by atoms with Crippen LogP contribution in [0.4, 0.5) is 4.39 Å². The van der Waals surface area contributed by atoms with Gasteiger partial charge in [-0.3, -0.25) is 14.2 Å². The van der Waals surface area contributed by atoms with Gasteiger partial charge in [-0.05, 0) is 49.1 Å². The Kier molecular flexibility index (Phi) is 4.20. The van der Waals surface area contributed by atoms with Gasteiger partial charge in [0.2, 0.25) is 5.91 Å². The second kappa shape index (κ2) is 6.44. The molecule has 1 heterocycles. The fraction of sp³-hybridized carbons (Fsp3) is 0.211. The molecule has 0 saturated heterocycles. The van der Waals surface area contributed by atoms with E-state index in [2.05, 4.69) is 4.98 Å². The molecule has 0 bridgehead atoms. The van der Waals surface area contributed by atoms with Crippen LogP contribution in [0, 0.1) is 11.7 Å². The van der Waals surface area contributed by atoms with E-state index < -0.39 is 23.3 Å². The second-order valence-corrected chi connectivity index (χ2v) is 7.08. The molecule has 1 aromatic heterocycles. The number of carbonyl (C=O) groups excluding carboxylic acids is 1. The van der Waals surface area contributed by atoms with Gasteiger partial charge in [0.1, 0.15) is 11.6 Å². The summed E-state index contributed by atoms with van der Waals surface area (Å²) in [6.45, 7) is 0. The van der Waals surface area contributed by atoms with Crippen molar-refractivity contribution in [3.05, 3.63) is 69.0 Å². The topological polar surface area (TPSA) is 104 Å². The third kappa shape index (κ3) is 3.09. The van der Waals surface area contributed by atoms with Gasteiger partial charge in [0.15, 0.2) is 0 Å². The minimum absolute atomic E-state index is 0.0536. The van der Waals surface area contributed by atoms with E-state index in [1.807, 2.05) is 0 Å². The number of carbonyl (C=O) groups is 1. The number of fused-ring (bicyclic) bond motifs is 1. The minimum atomic E-state index is -0.802. The maximum atomic E-state index is 14.1. The lowest BCUT2D eigenvalue weighted by Gasteiger charge is -2.19. The Labute approximate surface area is 158 Å². The van der Waals surface area contributed by atoms with E-state index in [4.69, 9.17) is 23.1 Å². The maximum absolute atomic E-state index is 14.1. The molecule has 1 amide bonds. The molecule has 27 heavy (non-hydrogen) atoms. The number of nitrogens with two attached hydrogens (primary N) is 2. The quantitative estimate of drug-likeness (QED) is 0.719. The molecule has 1 atom stereocenters. The normalized spacial score (nSPS) is 15.1. The monoisotopic (exact) mass is 386 g/mol. The second-order valence-electron chi connectivity index (χ2n) is 6.67. The molecular formula is C19H16ClFN4O2. The molecule has 1 fully saturated rings. The number of benzene rings is 2. The Bertz CT molecular complexity index is 1140. The minimum Gasteiger partial charge on any atom is -0.366 e. The lowest BCUT2D eigenvalue weighted by Crippen LogP contribution is -2.30. The largest absolute Gasteiger partial charge is 0.366 e. The van der Waals surface area contributed by atoms with Gasteiger partial charge in [-0.2, -0.15) is 0 Å². The van der Waals surface area contributed by atoms with Crippen LogP contribution in [0.2, 0.25) is 5.02 Å². The highest BCUT2D eigenvalue weighted by Gasteiger charge is 2.33. The lowest BCUT2D eigenvalue weighted by atomic mass is 10.1. The van der Waals surface area contributed by atoms with Crippen LogP contribution in [0.15, 0.2) is 41.2 Å². The zero-order valence-electron chi connectivity index (χ0n) is 14.2. The molecule has 2 aromatic carbocycles. The van der Waals surface area contributed by atoms with Crippen LogP contribution in [0.5, 0.6) is 0 Å². The molecule has 1 saturated carbocycles. The van der Waals surface area contributed by atoms with Crippen molar-refractivity contribution in [2.45, 2.75) is 18.9 Å². The van der Waals surface area contributed by atoms with Crippen molar-refractivity contribution in [1.82, 2.24) is 9.55 Å². The number of halogens is 2. The fourth-order valence-electron chi connectivity index (χ4n) is 3.19. The van der Waals surface area contributed by atoms with E-state index in [1.54, 1.807) is 18.2 Å². The number of hydrogen-bond acceptors (Lipinski definition) is 4. The number of rotatable bonds is 4. The smallest absolute Gasteiger partial charge is 0.267 e. The Morgan fingerprint density at radius 1 is 1.30 bits per heavy atom. The van der Waals surface area contributed by atoms with E-state index in [0.717, 1.165) is 25.0 Å². The van der Waals surface area contributed by atoms with Gasteiger partial charge in [0.05, 0.1) is 27.7 Å². The van der Waals surface area contributed by atoms with E-state index in [0.29, 0.717) is 11.3 Å². The summed E-state index contributed by atoms with van der Waals surface area (Å²) in [6.07, 6.45) is 1.86. The SMILES string of the molecule is NC(=O)c1cc(F)cc(-n2c(C(N)C3CC3)nc3cccc(Cl)c3c2=O)c1. The van der Waals surface area contributed by atoms with Gasteiger partial charge >= 0.3 is 0 Å². The summed E-state index contributed by atoms with van der Waals surface area (Å²) in [5, 5.41) is 0.438. The average molecular weight is 387 g/mol. The molecule has 138 valence electrons. The summed E-state index contributed by atoms with van der Waals surface area (Å²) in [7, 11) is 0. The fourth-order valence-corrected chi connectivity index (χ4v) is 3.44. The highest BCUT2D eigenvalue weighted by Crippen LogP contribution is 2.39. The molecule has 0 radical (unpaired) electrons. The Hall–Kier alpha value is -2.77. The first-order valence-electron chi connectivity index (χ1n) is 8.44. The Balaban J connectivity index is 2.08.